The highest BCUT2D eigenvalue weighted by Gasteiger charge is 2.31. The summed E-state index contributed by atoms with van der Waals surface area (Å²) in [7, 11) is 0. The third-order valence-corrected chi connectivity index (χ3v) is 4.68. The number of carbonyl (C=O) groups excluding carboxylic acids is 1. The van der Waals surface area contributed by atoms with Crippen molar-refractivity contribution in [3.05, 3.63) is 65.5 Å². The van der Waals surface area contributed by atoms with Crippen LogP contribution in [0.15, 0.2) is 52.9 Å². The van der Waals surface area contributed by atoms with Gasteiger partial charge < -0.3 is 14.5 Å². The molecule has 0 spiro atoms. The van der Waals surface area contributed by atoms with Gasteiger partial charge in [0.1, 0.15) is 11.1 Å². The van der Waals surface area contributed by atoms with Crippen molar-refractivity contribution in [2.45, 2.75) is 58.1 Å². The molecule has 2 aromatic carbocycles. The maximum absolute atomic E-state index is 12.6. The molecule has 0 unspecified atom stereocenters. The van der Waals surface area contributed by atoms with Crippen molar-refractivity contribution < 1.29 is 13.9 Å². The lowest BCUT2D eigenvalue weighted by atomic mass is 9.89. The minimum atomic E-state index is -0.600. The Bertz CT molecular complexity index is 1040. The van der Waals surface area contributed by atoms with Gasteiger partial charge in [0.25, 0.3) is 0 Å². The molecule has 1 heterocycles. The molecule has 0 radical (unpaired) electrons. The Morgan fingerprint density at radius 3 is 2.60 bits per heavy atom. The molecule has 1 aromatic heterocycles. The van der Waals surface area contributed by atoms with Crippen LogP contribution in [0, 0.1) is 11.3 Å². The number of hydrogen-bond donors (Lipinski definition) is 1. The Kier molecular flexibility index (Phi) is 6.41. The van der Waals surface area contributed by atoms with E-state index in [4.69, 9.17) is 14.4 Å². The minimum Gasteiger partial charge on any atom is -0.444 e. The van der Waals surface area contributed by atoms with Crippen LogP contribution in [0.4, 0.5) is 4.79 Å². The lowest BCUT2D eigenvalue weighted by Gasteiger charge is -2.28. The van der Waals surface area contributed by atoms with Gasteiger partial charge in [-0.1, -0.05) is 43.7 Å². The lowest BCUT2D eigenvalue weighted by Crippen LogP contribution is -2.37. The van der Waals surface area contributed by atoms with Gasteiger partial charge in [0.2, 0.25) is 5.89 Å². The average Bonchev–Trinajstić information content (AvgIpc) is 3.12. The van der Waals surface area contributed by atoms with Crippen LogP contribution in [0.25, 0.3) is 11.1 Å². The molecule has 0 aliphatic rings. The molecule has 3 rings (SSSR count). The second kappa shape index (κ2) is 9.00. The number of benzene rings is 2. The summed E-state index contributed by atoms with van der Waals surface area (Å²) in [4.78, 5) is 17.3. The molecule has 0 saturated heterocycles. The number of amides is 1. The maximum atomic E-state index is 12.6. The van der Waals surface area contributed by atoms with Crippen LogP contribution in [0.1, 0.15) is 69.5 Å². The average molecular weight is 405 g/mol. The van der Waals surface area contributed by atoms with E-state index >= 15 is 0 Å². The molecule has 6 nitrogen and oxygen atoms in total. The Morgan fingerprint density at radius 1 is 1.23 bits per heavy atom. The van der Waals surface area contributed by atoms with E-state index in [2.05, 4.69) is 23.3 Å². The fraction of sp³-hybridized carbons (Fsp3) is 0.375. The molecule has 0 aliphatic carbocycles. The summed E-state index contributed by atoms with van der Waals surface area (Å²) in [6.07, 6.45) is 1.15. The Morgan fingerprint density at radius 2 is 1.97 bits per heavy atom. The topological polar surface area (TPSA) is 88.2 Å². The lowest BCUT2D eigenvalue weighted by molar-refractivity contribution is 0.0491. The highest BCUT2D eigenvalue weighted by Crippen LogP contribution is 2.36. The molecule has 0 saturated carbocycles. The highest BCUT2D eigenvalue weighted by atomic mass is 16.6. The summed E-state index contributed by atoms with van der Waals surface area (Å²) in [5.74, 6) is 0.342. The second-order valence-corrected chi connectivity index (χ2v) is 8.28. The monoisotopic (exact) mass is 405 g/mol. The van der Waals surface area contributed by atoms with Gasteiger partial charge in [0, 0.05) is 6.07 Å². The van der Waals surface area contributed by atoms with E-state index in [1.807, 2.05) is 51.1 Å². The van der Waals surface area contributed by atoms with Crippen LogP contribution in [-0.2, 0) is 4.74 Å². The van der Waals surface area contributed by atoms with Gasteiger partial charge in [-0.3, -0.25) is 0 Å². The molecular weight excluding hydrogens is 378 g/mol. The fourth-order valence-electron chi connectivity index (χ4n) is 3.43. The molecule has 3 aromatic rings. The third-order valence-electron chi connectivity index (χ3n) is 4.68. The molecule has 6 heteroatoms. The van der Waals surface area contributed by atoms with Crippen molar-refractivity contribution in [3.8, 4) is 6.07 Å². The van der Waals surface area contributed by atoms with Crippen molar-refractivity contribution in [1.29, 1.82) is 5.26 Å². The molecule has 156 valence electrons. The summed E-state index contributed by atoms with van der Waals surface area (Å²) in [6.45, 7) is 7.59. The number of aromatic nitrogens is 1. The zero-order valence-electron chi connectivity index (χ0n) is 17.8. The molecule has 0 fully saturated rings. The number of rotatable bonds is 6. The van der Waals surface area contributed by atoms with Crippen molar-refractivity contribution in [1.82, 2.24) is 10.3 Å². The first-order valence-electron chi connectivity index (χ1n) is 10.2. The van der Waals surface area contributed by atoms with Crippen LogP contribution < -0.4 is 5.32 Å². The van der Waals surface area contributed by atoms with Crippen LogP contribution >= 0.6 is 0 Å². The number of ether oxygens (including phenoxy) is 1. The zero-order chi connectivity index (χ0) is 21.7. The Balaban J connectivity index is 2.01. The summed E-state index contributed by atoms with van der Waals surface area (Å²) < 4.78 is 11.6. The standard InChI is InChI=1S/C24H27N3O3/c1-5-9-18(22-26-19-13-12-16(15-25)14-20(19)29-22)21(17-10-7-6-8-11-17)27-23(28)30-24(2,3)4/h6-8,10-14,18,21H,5,9H2,1-4H3,(H,27,28)/t18-,21-/m0/s1. The highest BCUT2D eigenvalue weighted by molar-refractivity contribution is 5.74. The number of oxazole rings is 1. The number of carbonyl (C=O) groups is 1. The predicted octanol–water partition coefficient (Wildman–Crippen LogP) is 5.85. The van der Waals surface area contributed by atoms with Crippen LogP contribution in [0.3, 0.4) is 0 Å². The Labute approximate surface area is 176 Å². The quantitative estimate of drug-likeness (QED) is 0.556. The van der Waals surface area contributed by atoms with Gasteiger partial charge in [-0.2, -0.15) is 5.26 Å². The van der Waals surface area contributed by atoms with Crippen molar-refractivity contribution in [3.63, 3.8) is 0 Å². The van der Waals surface area contributed by atoms with E-state index < -0.39 is 11.7 Å². The first kappa shape index (κ1) is 21.4. The molecule has 1 amide bonds. The summed E-state index contributed by atoms with van der Waals surface area (Å²) in [6, 6.07) is 16.7. The SMILES string of the molecule is CCC[C@H](c1nc2ccc(C#N)cc2o1)[C@@H](NC(=O)OC(C)(C)C)c1ccccc1. The molecule has 0 aliphatic heterocycles. The van der Waals surface area contributed by atoms with E-state index in [1.54, 1.807) is 18.2 Å². The number of fused-ring (bicyclic) bond motifs is 1. The van der Waals surface area contributed by atoms with Crippen molar-refractivity contribution in [2.24, 2.45) is 0 Å². The van der Waals surface area contributed by atoms with Gasteiger partial charge in [0.15, 0.2) is 5.58 Å². The van der Waals surface area contributed by atoms with Gasteiger partial charge in [-0.05, 0) is 44.9 Å². The summed E-state index contributed by atoms with van der Waals surface area (Å²) in [5.41, 5.74) is 2.12. The summed E-state index contributed by atoms with van der Waals surface area (Å²) in [5, 5.41) is 12.2. The van der Waals surface area contributed by atoms with Gasteiger partial charge in [-0.25, -0.2) is 9.78 Å². The molecule has 0 bridgehead atoms. The zero-order valence-corrected chi connectivity index (χ0v) is 17.8. The molecule has 2 atom stereocenters. The first-order chi connectivity index (χ1) is 14.3. The number of nitrogens with zero attached hydrogens (tertiary/aromatic N) is 2. The first-order valence-corrected chi connectivity index (χ1v) is 10.2. The Hall–Kier alpha value is -3.33. The number of hydrogen-bond acceptors (Lipinski definition) is 5. The molecule has 1 N–H and O–H groups in total. The minimum absolute atomic E-state index is 0.192. The van der Waals surface area contributed by atoms with E-state index in [-0.39, 0.29) is 12.0 Å². The van der Waals surface area contributed by atoms with Crippen LogP contribution in [-0.4, -0.2) is 16.7 Å². The van der Waals surface area contributed by atoms with E-state index in [0.717, 1.165) is 18.4 Å². The summed E-state index contributed by atoms with van der Waals surface area (Å²) >= 11 is 0. The number of nitriles is 1. The predicted molar refractivity (Wildman–Crippen MR) is 115 cm³/mol. The fourth-order valence-corrected chi connectivity index (χ4v) is 3.43. The van der Waals surface area contributed by atoms with Crippen LogP contribution in [0.5, 0.6) is 0 Å². The van der Waals surface area contributed by atoms with Crippen molar-refractivity contribution in [2.75, 3.05) is 0 Å². The number of nitrogens with one attached hydrogen (secondary N) is 1. The largest absolute Gasteiger partial charge is 0.444 e. The van der Waals surface area contributed by atoms with Gasteiger partial charge in [0.05, 0.1) is 23.6 Å². The van der Waals surface area contributed by atoms with Gasteiger partial charge >= 0.3 is 6.09 Å². The van der Waals surface area contributed by atoms with Gasteiger partial charge in [-0.15, -0.1) is 0 Å². The van der Waals surface area contributed by atoms with Crippen LogP contribution in [0.2, 0.25) is 0 Å². The number of alkyl carbamates (subject to hydrolysis) is 1. The van der Waals surface area contributed by atoms with E-state index in [1.165, 1.54) is 0 Å². The smallest absolute Gasteiger partial charge is 0.408 e. The van der Waals surface area contributed by atoms with E-state index in [9.17, 15) is 4.79 Å². The second-order valence-electron chi connectivity index (χ2n) is 8.28. The van der Waals surface area contributed by atoms with E-state index in [0.29, 0.717) is 22.6 Å². The molecule has 30 heavy (non-hydrogen) atoms. The van der Waals surface area contributed by atoms with Crippen molar-refractivity contribution >= 4 is 17.2 Å². The maximum Gasteiger partial charge on any atom is 0.408 e. The molecular formula is C24H27N3O3. The normalized spacial score (nSPS) is 13.4. The third kappa shape index (κ3) is 5.18.